The fourth-order valence-corrected chi connectivity index (χ4v) is 4.11. The molecule has 1 aliphatic rings. The van der Waals surface area contributed by atoms with Gasteiger partial charge in [-0.15, -0.1) is 10.2 Å². The Morgan fingerprint density at radius 3 is 2.41 bits per heavy atom. The molecule has 1 fully saturated rings. The monoisotopic (exact) mass is 418 g/mol. The molecule has 0 amide bonds. The van der Waals surface area contributed by atoms with Crippen molar-refractivity contribution in [3.05, 3.63) is 42.5 Å². The summed E-state index contributed by atoms with van der Waals surface area (Å²) >= 11 is 0. The van der Waals surface area contributed by atoms with Gasteiger partial charge in [-0.1, -0.05) is 0 Å². The Morgan fingerprint density at radius 2 is 1.72 bits per heavy atom. The summed E-state index contributed by atoms with van der Waals surface area (Å²) in [6.07, 6.45) is 3.13. The molecule has 0 bridgehead atoms. The van der Waals surface area contributed by atoms with E-state index in [1.165, 1.54) is 22.6 Å². The summed E-state index contributed by atoms with van der Waals surface area (Å²) in [6, 6.07) is 5.74. The molecule has 9 nitrogen and oxygen atoms in total. The molecule has 0 unspecified atom stereocenters. The SMILES string of the molecule is CCS(=O)(=O)N1CCN(c2cncc(-c3nnc(-c4ccc(F)cc4)o3)n2)CC1. The molecule has 3 aromatic rings. The Labute approximate surface area is 167 Å². The zero-order valence-corrected chi connectivity index (χ0v) is 16.5. The summed E-state index contributed by atoms with van der Waals surface area (Å²) in [7, 11) is -3.19. The summed E-state index contributed by atoms with van der Waals surface area (Å²) in [6.45, 7) is 3.47. The van der Waals surface area contributed by atoms with Crippen molar-refractivity contribution in [2.24, 2.45) is 0 Å². The molecule has 29 heavy (non-hydrogen) atoms. The number of aromatic nitrogens is 4. The predicted octanol–water partition coefficient (Wildman–Crippen LogP) is 1.80. The van der Waals surface area contributed by atoms with Crippen LogP contribution in [0.4, 0.5) is 10.2 Å². The Balaban J connectivity index is 1.51. The van der Waals surface area contributed by atoms with Crippen LogP contribution in [0.15, 0.2) is 41.1 Å². The van der Waals surface area contributed by atoms with E-state index in [4.69, 9.17) is 4.42 Å². The van der Waals surface area contributed by atoms with Crippen molar-refractivity contribution in [2.75, 3.05) is 36.8 Å². The lowest BCUT2D eigenvalue weighted by Gasteiger charge is -2.34. The van der Waals surface area contributed by atoms with Crippen molar-refractivity contribution in [3.63, 3.8) is 0 Å². The minimum atomic E-state index is -3.19. The molecule has 0 N–H and O–H groups in total. The maximum atomic E-state index is 13.1. The van der Waals surface area contributed by atoms with Gasteiger partial charge in [0.2, 0.25) is 15.9 Å². The fraction of sp³-hybridized carbons (Fsp3) is 0.333. The van der Waals surface area contributed by atoms with Crippen LogP contribution in [0.2, 0.25) is 0 Å². The normalized spacial score (nSPS) is 15.6. The smallest absolute Gasteiger partial charge is 0.268 e. The van der Waals surface area contributed by atoms with Gasteiger partial charge in [-0.05, 0) is 31.2 Å². The average Bonchev–Trinajstić information content (AvgIpc) is 3.25. The van der Waals surface area contributed by atoms with Gasteiger partial charge in [0.15, 0.2) is 0 Å². The second-order valence-corrected chi connectivity index (χ2v) is 8.73. The minimum Gasteiger partial charge on any atom is -0.415 e. The quantitative estimate of drug-likeness (QED) is 0.618. The predicted molar refractivity (Wildman–Crippen MR) is 104 cm³/mol. The van der Waals surface area contributed by atoms with E-state index in [-0.39, 0.29) is 23.4 Å². The van der Waals surface area contributed by atoms with E-state index in [1.54, 1.807) is 25.3 Å². The summed E-state index contributed by atoms with van der Waals surface area (Å²) in [5.41, 5.74) is 1.01. The largest absolute Gasteiger partial charge is 0.415 e. The van der Waals surface area contributed by atoms with Gasteiger partial charge in [-0.3, -0.25) is 4.98 Å². The van der Waals surface area contributed by atoms with Crippen molar-refractivity contribution in [1.29, 1.82) is 0 Å². The summed E-state index contributed by atoms with van der Waals surface area (Å²) in [4.78, 5) is 10.7. The van der Waals surface area contributed by atoms with Crippen LogP contribution in [0.25, 0.3) is 23.0 Å². The van der Waals surface area contributed by atoms with E-state index in [2.05, 4.69) is 20.2 Å². The van der Waals surface area contributed by atoms with Gasteiger partial charge in [0.05, 0.1) is 18.1 Å². The molecule has 2 aromatic heterocycles. The Morgan fingerprint density at radius 1 is 1.03 bits per heavy atom. The summed E-state index contributed by atoms with van der Waals surface area (Å²) in [5.74, 6) is 0.809. The van der Waals surface area contributed by atoms with Crippen LogP contribution in [-0.2, 0) is 10.0 Å². The lowest BCUT2D eigenvalue weighted by atomic mass is 10.2. The highest BCUT2D eigenvalue weighted by molar-refractivity contribution is 7.89. The van der Waals surface area contributed by atoms with Gasteiger partial charge in [0.25, 0.3) is 5.89 Å². The number of sulfonamides is 1. The number of nitrogens with zero attached hydrogens (tertiary/aromatic N) is 6. The number of hydrogen-bond donors (Lipinski definition) is 0. The maximum absolute atomic E-state index is 13.1. The zero-order valence-electron chi connectivity index (χ0n) is 15.7. The molecule has 4 rings (SSSR count). The lowest BCUT2D eigenvalue weighted by Crippen LogP contribution is -2.49. The van der Waals surface area contributed by atoms with Crippen molar-refractivity contribution in [3.8, 4) is 23.0 Å². The second kappa shape index (κ2) is 7.84. The molecular weight excluding hydrogens is 399 g/mol. The average molecular weight is 418 g/mol. The number of rotatable bonds is 5. The van der Waals surface area contributed by atoms with Crippen LogP contribution in [0.1, 0.15) is 6.92 Å². The first kappa shape index (κ1) is 19.4. The van der Waals surface area contributed by atoms with Gasteiger partial charge < -0.3 is 9.32 Å². The van der Waals surface area contributed by atoms with E-state index < -0.39 is 10.0 Å². The fourth-order valence-electron chi connectivity index (χ4n) is 3.02. The van der Waals surface area contributed by atoms with Crippen molar-refractivity contribution in [2.45, 2.75) is 6.92 Å². The second-order valence-electron chi connectivity index (χ2n) is 6.47. The van der Waals surface area contributed by atoms with E-state index in [9.17, 15) is 12.8 Å². The minimum absolute atomic E-state index is 0.0931. The number of hydrogen-bond acceptors (Lipinski definition) is 8. The third-order valence-corrected chi connectivity index (χ3v) is 6.56. The van der Waals surface area contributed by atoms with Crippen LogP contribution in [0.3, 0.4) is 0 Å². The van der Waals surface area contributed by atoms with Crippen LogP contribution in [-0.4, -0.2) is 64.8 Å². The third-order valence-electron chi connectivity index (χ3n) is 4.68. The van der Waals surface area contributed by atoms with Crippen molar-refractivity contribution in [1.82, 2.24) is 24.5 Å². The molecular formula is C18H19FN6O3S. The molecule has 152 valence electrons. The van der Waals surface area contributed by atoms with Gasteiger partial charge in [0, 0.05) is 31.7 Å². The van der Waals surface area contributed by atoms with E-state index in [0.717, 1.165) is 0 Å². The first-order chi connectivity index (χ1) is 14.0. The summed E-state index contributed by atoms with van der Waals surface area (Å²) < 4.78 is 44.2. The lowest BCUT2D eigenvalue weighted by molar-refractivity contribution is 0.384. The number of anilines is 1. The molecule has 1 saturated heterocycles. The topological polar surface area (TPSA) is 105 Å². The molecule has 0 aliphatic carbocycles. The van der Waals surface area contributed by atoms with Crippen LogP contribution in [0.5, 0.6) is 0 Å². The van der Waals surface area contributed by atoms with Gasteiger partial charge in [0.1, 0.15) is 17.3 Å². The highest BCUT2D eigenvalue weighted by Crippen LogP contribution is 2.24. The molecule has 0 spiro atoms. The molecule has 1 aromatic carbocycles. The highest BCUT2D eigenvalue weighted by Gasteiger charge is 2.26. The molecule has 0 saturated carbocycles. The van der Waals surface area contributed by atoms with E-state index in [1.807, 2.05) is 4.90 Å². The highest BCUT2D eigenvalue weighted by atomic mass is 32.2. The van der Waals surface area contributed by atoms with Crippen LogP contribution in [0, 0.1) is 5.82 Å². The van der Waals surface area contributed by atoms with E-state index in [0.29, 0.717) is 43.3 Å². The molecule has 3 heterocycles. The Bertz CT molecular complexity index is 1090. The maximum Gasteiger partial charge on any atom is 0.268 e. The van der Waals surface area contributed by atoms with Crippen molar-refractivity contribution < 1.29 is 17.2 Å². The molecule has 0 atom stereocenters. The molecule has 11 heteroatoms. The Hall–Kier alpha value is -2.92. The number of halogens is 1. The van der Waals surface area contributed by atoms with Crippen LogP contribution < -0.4 is 4.90 Å². The molecule has 0 radical (unpaired) electrons. The third kappa shape index (κ3) is 4.10. The Kier molecular flexibility index (Phi) is 5.24. The van der Waals surface area contributed by atoms with Gasteiger partial charge in [-0.25, -0.2) is 17.8 Å². The standard InChI is InChI=1S/C18H19FN6O3S/c1-2-29(26,27)25-9-7-24(8-10-25)16-12-20-11-15(21-16)18-23-22-17(28-18)13-3-5-14(19)6-4-13/h3-6,11-12H,2,7-10H2,1H3. The number of benzene rings is 1. The molecule has 1 aliphatic heterocycles. The zero-order chi connectivity index (χ0) is 20.4. The van der Waals surface area contributed by atoms with Gasteiger partial charge in [-0.2, -0.15) is 4.31 Å². The van der Waals surface area contributed by atoms with Gasteiger partial charge >= 0.3 is 0 Å². The first-order valence-corrected chi connectivity index (χ1v) is 10.7. The number of piperazine rings is 1. The van der Waals surface area contributed by atoms with Crippen LogP contribution >= 0.6 is 0 Å². The summed E-state index contributed by atoms with van der Waals surface area (Å²) in [5, 5.41) is 8.00. The van der Waals surface area contributed by atoms with E-state index >= 15 is 0 Å². The first-order valence-electron chi connectivity index (χ1n) is 9.11. The van der Waals surface area contributed by atoms with Crippen molar-refractivity contribution >= 4 is 15.8 Å².